The molecule has 0 aliphatic heterocycles. The zero-order chi connectivity index (χ0) is 15.1. The van der Waals surface area contributed by atoms with E-state index in [1.165, 1.54) is 32.1 Å². The van der Waals surface area contributed by atoms with Crippen LogP contribution in [0.4, 0.5) is 0 Å². The first-order valence-corrected chi connectivity index (χ1v) is 8.69. The smallest absolute Gasteiger partial charge is 0.252 e. The van der Waals surface area contributed by atoms with Gasteiger partial charge in [-0.05, 0) is 47.3 Å². The van der Waals surface area contributed by atoms with Gasteiger partial charge in [0, 0.05) is 17.6 Å². The number of benzene rings is 1. The molecule has 1 amide bonds. The van der Waals surface area contributed by atoms with Gasteiger partial charge in [-0.2, -0.15) is 0 Å². The van der Waals surface area contributed by atoms with Crippen LogP contribution >= 0.6 is 27.5 Å². The third-order valence-corrected chi connectivity index (χ3v) is 5.00. The number of carbonyl (C=O) groups is 1. The Morgan fingerprint density at radius 1 is 1.33 bits per heavy atom. The van der Waals surface area contributed by atoms with Crippen molar-refractivity contribution in [3.8, 4) is 0 Å². The summed E-state index contributed by atoms with van der Waals surface area (Å²) < 4.78 is 6.56. The Kier molecular flexibility index (Phi) is 7.00. The van der Waals surface area contributed by atoms with Crippen molar-refractivity contribution >= 4 is 33.4 Å². The van der Waals surface area contributed by atoms with Crippen LogP contribution in [0.25, 0.3) is 0 Å². The molecule has 0 heterocycles. The Hall–Kier alpha value is -0.580. The number of hydrogen-bond acceptors (Lipinski definition) is 2. The van der Waals surface area contributed by atoms with Crippen LogP contribution < -0.4 is 5.32 Å². The van der Waals surface area contributed by atoms with Crippen molar-refractivity contribution < 1.29 is 9.53 Å². The zero-order valence-electron chi connectivity index (χ0n) is 12.0. The normalized spacial score (nSPS) is 15.9. The van der Waals surface area contributed by atoms with Gasteiger partial charge in [-0.3, -0.25) is 4.79 Å². The minimum atomic E-state index is -0.140. The Balaban J connectivity index is 1.66. The molecule has 1 aliphatic rings. The molecule has 1 aromatic rings. The van der Waals surface area contributed by atoms with Crippen LogP contribution in [0.1, 0.15) is 48.9 Å². The molecule has 116 valence electrons. The van der Waals surface area contributed by atoms with Crippen molar-refractivity contribution in [2.24, 2.45) is 0 Å². The standard InChI is InChI=1S/C16H21BrClNO2/c17-14-9-4-8-13(15(14)18)16(20)19-10-5-11-21-12-6-2-1-3-7-12/h4,8-9,12H,1-3,5-7,10-11H2,(H,19,20). The second-order valence-electron chi connectivity index (χ2n) is 5.34. The van der Waals surface area contributed by atoms with Gasteiger partial charge < -0.3 is 10.1 Å². The summed E-state index contributed by atoms with van der Waals surface area (Å²) in [6.45, 7) is 1.31. The first-order chi connectivity index (χ1) is 10.2. The second kappa shape index (κ2) is 8.76. The fourth-order valence-electron chi connectivity index (χ4n) is 2.53. The van der Waals surface area contributed by atoms with E-state index in [9.17, 15) is 4.79 Å². The van der Waals surface area contributed by atoms with E-state index in [0.717, 1.165) is 10.9 Å². The van der Waals surface area contributed by atoms with E-state index in [2.05, 4.69) is 21.2 Å². The molecule has 0 spiro atoms. The summed E-state index contributed by atoms with van der Waals surface area (Å²) in [4.78, 5) is 12.0. The highest BCUT2D eigenvalue weighted by atomic mass is 79.9. The van der Waals surface area contributed by atoms with E-state index < -0.39 is 0 Å². The largest absolute Gasteiger partial charge is 0.378 e. The molecule has 0 aromatic heterocycles. The van der Waals surface area contributed by atoms with E-state index in [0.29, 0.717) is 29.8 Å². The summed E-state index contributed by atoms with van der Waals surface area (Å²) in [6, 6.07) is 5.34. The summed E-state index contributed by atoms with van der Waals surface area (Å²) in [5, 5.41) is 3.33. The SMILES string of the molecule is O=C(NCCCOC1CCCCC1)c1cccc(Br)c1Cl. The minimum absolute atomic E-state index is 0.140. The molecule has 3 nitrogen and oxygen atoms in total. The zero-order valence-corrected chi connectivity index (χ0v) is 14.4. The van der Waals surface area contributed by atoms with E-state index in [4.69, 9.17) is 16.3 Å². The van der Waals surface area contributed by atoms with Gasteiger partial charge in [0.05, 0.1) is 16.7 Å². The molecular formula is C16H21BrClNO2. The van der Waals surface area contributed by atoms with Gasteiger partial charge in [0.2, 0.25) is 0 Å². The third-order valence-electron chi connectivity index (χ3n) is 3.71. The van der Waals surface area contributed by atoms with Gasteiger partial charge in [-0.25, -0.2) is 0 Å². The van der Waals surface area contributed by atoms with E-state index in [1.54, 1.807) is 12.1 Å². The first-order valence-electron chi connectivity index (χ1n) is 7.52. The van der Waals surface area contributed by atoms with Crippen molar-refractivity contribution in [2.75, 3.05) is 13.2 Å². The fraction of sp³-hybridized carbons (Fsp3) is 0.562. The molecule has 0 atom stereocenters. The first kappa shape index (κ1) is 16.8. The van der Waals surface area contributed by atoms with Crippen LogP contribution in [-0.4, -0.2) is 25.2 Å². The Bertz CT molecular complexity index is 475. The number of carbonyl (C=O) groups excluding carboxylic acids is 1. The van der Waals surface area contributed by atoms with Crippen molar-refractivity contribution in [2.45, 2.75) is 44.6 Å². The lowest BCUT2D eigenvalue weighted by Gasteiger charge is -2.21. The lowest BCUT2D eigenvalue weighted by molar-refractivity contribution is 0.0273. The van der Waals surface area contributed by atoms with Crippen LogP contribution in [0, 0.1) is 0 Å². The number of nitrogens with one attached hydrogen (secondary N) is 1. The maximum absolute atomic E-state index is 12.0. The van der Waals surface area contributed by atoms with Gasteiger partial charge >= 0.3 is 0 Å². The average Bonchev–Trinajstić information content (AvgIpc) is 2.50. The van der Waals surface area contributed by atoms with Crippen LogP contribution in [0.15, 0.2) is 22.7 Å². The maximum Gasteiger partial charge on any atom is 0.252 e. The van der Waals surface area contributed by atoms with E-state index in [1.807, 2.05) is 6.07 Å². The molecule has 1 saturated carbocycles. The molecular weight excluding hydrogens is 354 g/mol. The molecule has 5 heteroatoms. The fourth-order valence-corrected chi connectivity index (χ4v) is 3.11. The average molecular weight is 375 g/mol. The molecule has 2 rings (SSSR count). The molecule has 1 aromatic carbocycles. The molecule has 0 radical (unpaired) electrons. The number of hydrogen-bond donors (Lipinski definition) is 1. The van der Waals surface area contributed by atoms with E-state index in [-0.39, 0.29) is 5.91 Å². The number of amides is 1. The summed E-state index contributed by atoms with van der Waals surface area (Å²) in [7, 11) is 0. The minimum Gasteiger partial charge on any atom is -0.378 e. The molecule has 0 bridgehead atoms. The maximum atomic E-state index is 12.0. The van der Waals surface area contributed by atoms with Crippen LogP contribution in [0.5, 0.6) is 0 Å². The van der Waals surface area contributed by atoms with Crippen LogP contribution in [0.3, 0.4) is 0 Å². The van der Waals surface area contributed by atoms with Crippen LogP contribution in [0.2, 0.25) is 5.02 Å². The Morgan fingerprint density at radius 2 is 2.10 bits per heavy atom. The molecule has 0 unspecified atom stereocenters. The van der Waals surface area contributed by atoms with E-state index >= 15 is 0 Å². The number of halogens is 2. The monoisotopic (exact) mass is 373 g/mol. The van der Waals surface area contributed by atoms with Crippen LogP contribution in [-0.2, 0) is 4.74 Å². The van der Waals surface area contributed by atoms with Crippen molar-refractivity contribution in [3.63, 3.8) is 0 Å². The summed E-state index contributed by atoms with van der Waals surface area (Å²) in [5.41, 5.74) is 0.499. The predicted molar refractivity (Wildman–Crippen MR) is 88.9 cm³/mol. The Morgan fingerprint density at radius 3 is 2.86 bits per heavy atom. The number of rotatable bonds is 6. The summed E-state index contributed by atoms with van der Waals surface area (Å²) in [6.07, 6.45) is 7.51. The quantitative estimate of drug-likeness (QED) is 0.741. The lowest BCUT2D eigenvalue weighted by Crippen LogP contribution is -2.26. The summed E-state index contributed by atoms with van der Waals surface area (Å²) in [5.74, 6) is -0.140. The highest BCUT2D eigenvalue weighted by molar-refractivity contribution is 9.10. The van der Waals surface area contributed by atoms with Crippen molar-refractivity contribution in [1.29, 1.82) is 0 Å². The second-order valence-corrected chi connectivity index (χ2v) is 6.57. The Labute approximate surface area is 139 Å². The van der Waals surface area contributed by atoms with Gasteiger partial charge in [0.1, 0.15) is 0 Å². The predicted octanol–water partition coefficient (Wildman–Crippen LogP) is 4.57. The van der Waals surface area contributed by atoms with Crippen molar-refractivity contribution in [3.05, 3.63) is 33.3 Å². The molecule has 0 saturated heterocycles. The molecule has 1 aliphatic carbocycles. The number of ether oxygens (including phenoxy) is 1. The van der Waals surface area contributed by atoms with Gasteiger partial charge in [0.25, 0.3) is 5.91 Å². The molecule has 1 fully saturated rings. The lowest BCUT2D eigenvalue weighted by atomic mass is 9.98. The summed E-state index contributed by atoms with van der Waals surface area (Å²) >= 11 is 9.42. The third kappa shape index (κ3) is 5.28. The topological polar surface area (TPSA) is 38.3 Å². The van der Waals surface area contributed by atoms with Gasteiger partial charge in [-0.1, -0.05) is 36.9 Å². The highest BCUT2D eigenvalue weighted by Crippen LogP contribution is 2.25. The highest BCUT2D eigenvalue weighted by Gasteiger charge is 2.14. The van der Waals surface area contributed by atoms with Gasteiger partial charge in [-0.15, -0.1) is 0 Å². The molecule has 21 heavy (non-hydrogen) atoms. The van der Waals surface area contributed by atoms with Gasteiger partial charge in [0.15, 0.2) is 0 Å². The van der Waals surface area contributed by atoms with Crippen molar-refractivity contribution in [1.82, 2.24) is 5.32 Å². The molecule has 1 N–H and O–H groups in total.